The molecule has 0 radical (unpaired) electrons. The van der Waals surface area contributed by atoms with E-state index in [0.29, 0.717) is 11.0 Å². The molecule has 6 aromatic rings. The summed E-state index contributed by atoms with van der Waals surface area (Å²) >= 11 is 0. The van der Waals surface area contributed by atoms with Crippen LogP contribution in [-0.2, 0) is 0 Å². The van der Waals surface area contributed by atoms with Crippen molar-refractivity contribution in [2.75, 3.05) is 0 Å². The Labute approximate surface area is 170 Å². The van der Waals surface area contributed by atoms with E-state index < -0.39 is 0 Å². The summed E-state index contributed by atoms with van der Waals surface area (Å²) in [5, 5.41) is 7.10. The Bertz CT molecular complexity index is 1770. The number of hydrogen-bond acceptors (Lipinski definition) is 3. The van der Waals surface area contributed by atoms with Crippen LogP contribution in [0, 0.1) is 13.1 Å². The van der Waals surface area contributed by atoms with Crippen molar-refractivity contribution >= 4 is 65.9 Å². The molecule has 4 aromatic carbocycles. The Balaban J connectivity index is 2.09. The van der Waals surface area contributed by atoms with E-state index in [-0.39, 0.29) is 11.6 Å². The van der Waals surface area contributed by atoms with E-state index in [9.17, 15) is 0 Å². The van der Waals surface area contributed by atoms with Crippen LogP contribution in [0.3, 0.4) is 0 Å². The van der Waals surface area contributed by atoms with Gasteiger partial charge in [0.05, 0.1) is 10.9 Å². The summed E-state index contributed by atoms with van der Waals surface area (Å²) in [5.41, 5.74) is 2.05. The van der Waals surface area contributed by atoms with E-state index in [2.05, 4.69) is 43.9 Å². The number of fused-ring (bicyclic) bond motifs is 11. The van der Waals surface area contributed by atoms with Gasteiger partial charge in [0.15, 0.2) is 0 Å². The number of benzene rings is 4. The molecule has 0 N–H and O–H groups in total. The minimum Gasteiger partial charge on any atom is -0.370 e. The molecule has 0 saturated heterocycles. The third-order valence-corrected chi connectivity index (χ3v) is 5.54. The van der Waals surface area contributed by atoms with Crippen LogP contribution < -0.4 is 0 Å². The first-order valence-electron chi connectivity index (χ1n) is 9.38. The molecule has 0 fully saturated rings. The number of nitrogens with zero attached hydrogens (tertiary/aromatic N) is 5. The maximum Gasteiger partial charge on any atom is 0.294 e. The van der Waals surface area contributed by atoms with Gasteiger partial charge in [0, 0.05) is 17.0 Å². The second kappa shape index (κ2) is 5.94. The van der Waals surface area contributed by atoms with Crippen molar-refractivity contribution in [1.29, 1.82) is 0 Å². The standard InChI is InChI=1S/C25H11N5/c1-26-24-25(27-2)30-23-20-17-11-6-4-9-15(17)14-8-3-5-10-16(14)19(20)21-18(22(23)29-24)12-7-13-28-21/h3-13H. The van der Waals surface area contributed by atoms with E-state index >= 15 is 0 Å². The van der Waals surface area contributed by atoms with Crippen molar-refractivity contribution in [3.05, 3.63) is 89.7 Å². The van der Waals surface area contributed by atoms with Gasteiger partial charge in [-0.05, 0) is 33.7 Å². The van der Waals surface area contributed by atoms with Gasteiger partial charge < -0.3 is 9.69 Å². The second-order valence-electron chi connectivity index (χ2n) is 7.03. The maximum atomic E-state index is 7.50. The van der Waals surface area contributed by atoms with Gasteiger partial charge in [0.2, 0.25) is 11.0 Å². The van der Waals surface area contributed by atoms with Crippen molar-refractivity contribution in [3.8, 4) is 0 Å². The molecule has 2 heterocycles. The minimum absolute atomic E-state index is 0.0205. The molecule has 2 aromatic heterocycles. The zero-order valence-corrected chi connectivity index (χ0v) is 15.6. The van der Waals surface area contributed by atoms with Gasteiger partial charge in [-0.25, -0.2) is 0 Å². The molecule has 0 aliphatic carbocycles. The Hall–Kier alpha value is -4.61. The molecule has 0 amide bonds. The minimum atomic E-state index is 0.0205. The van der Waals surface area contributed by atoms with E-state index in [1.807, 2.05) is 36.4 Å². The van der Waals surface area contributed by atoms with E-state index in [1.165, 1.54) is 0 Å². The summed E-state index contributed by atoms with van der Waals surface area (Å²) in [5.74, 6) is 0.0476. The molecule has 0 aliphatic rings. The monoisotopic (exact) mass is 381 g/mol. The molecule has 0 aliphatic heterocycles. The lowest BCUT2D eigenvalue weighted by molar-refractivity contribution is 1.35. The van der Waals surface area contributed by atoms with E-state index in [4.69, 9.17) is 18.1 Å². The lowest BCUT2D eigenvalue weighted by Gasteiger charge is -2.12. The van der Waals surface area contributed by atoms with Crippen LogP contribution in [-0.4, -0.2) is 15.0 Å². The molecule has 0 atom stereocenters. The zero-order chi connectivity index (χ0) is 20.2. The van der Waals surface area contributed by atoms with Gasteiger partial charge in [-0.2, -0.15) is 0 Å². The molecule has 30 heavy (non-hydrogen) atoms. The first-order chi connectivity index (χ1) is 14.8. The van der Waals surface area contributed by atoms with Gasteiger partial charge in [-0.1, -0.05) is 61.7 Å². The van der Waals surface area contributed by atoms with Gasteiger partial charge >= 0.3 is 0 Å². The highest BCUT2D eigenvalue weighted by Gasteiger charge is 2.23. The van der Waals surface area contributed by atoms with Gasteiger partial charge in [0.1, 0.15) is 0 Å². The molecule has 136 valence electrons. The highest BCUT2D eigenvalue weighted by Crippen LogP contribution is 2.43. The molecular weight excluding hydrogens is 370 g/mol. The Morgan fingerprint density at radius 3 is 1.63 bits per heavy atom. The molecular formula is C25H11N5. The Morgan fingerprint density at radius 2 is 1.03 bits per heavy atom. The third kappa shape index (κ3) is 2.01. The smallest absolute Gasteiger partial charge is 0.294 e. The first-order valence-corrected chi connectivity index (χ1v) is 9.38. The van der Waals surface area contributed by atoms with Crippen LogP contribution in [0.15, 0.2) is 66.9 Å². The topological polar surface area (TPSA) is 47.4 Å². The highest BCUT2D eigenvalue weighted by atomic mass is 15.0. The van der Waals surface area contributed by atoms with Crippen molar-refractivity contribution in [2.45, 2.75) is 0 Å². The normalized spacial score (nSPS) is 11.3. The van der Waals surface area contributed by atoms with Gasteiger partial charge in [0.25, 0.3) is 11.6 Å². The fraction of sp³-hybridized carbons (Fsp3) is 0. The average molecular weight is 381 g/mol. The van der Waals surface area contributed by atoms with Crippen LogP contribution >= 0.6 is 0 Å². The molecule has 0 saturated carbocycles. The molecule has 5 nitrogen and oxygen atoms in total. The maximum absolute atomic E-state index is 7.50. The fourth-order valence-corrected chi connectivity index (χ4v) is 4.36. The predicted octanol–water partition coefficient (Wildman–Crippen LogP) is 6.74. The van der Waals surface area contributed by atoms with Gasteiger partial charge in [-0.15, -0.1) is 9.97 Å². The Kier molecular flexibility index (Phi) is 3.24. The third-order valence-electron chi connectivity index (χ3n) is 5.54. The fourth-order valence-electron chi connectivity index (χ4n) is 4.36. The lowest BCUT2D eigenvalue weighted by atomic mass is 9.91. The largest absolute Gasteiger partial charge is 0.370 e. The number of rotatable bonds is 0. The van der Waals surface area contributed by atoms with Crippen LogP contribution in [0.2, 0.25) is 0 Å². The number of pyridine rings is 1. The van der Waals surface area contributed by atoms with Crippen LogP contribution in [0.4, 0.5) is 11.6 Å². The van der Waals surface area contributed by atoms with Crippen molar-refractivity contribution in [1.82, 2.24) is 15.0 Å². The first kappa shape index (κ1) is 16.4. The summed E-state index contributed by atoms with van der Waals surface area (Å²) in [6, 6.07) is 20.3. The second-order valence-corrected chi connectivity index (χ2v) is 7.03. The van der Waals surface area contributed by atoms with Crippen LogP contribution in [0.25, 0.3) is 63.9 Å². The van der Waals surface area contributed by atoms with Crippen molar-refractivity contribution in [2.24, 2.45) is 0 Å². The highest BCUT2D eigenvalue weighted by molar-refractivity contribution is 6.37. The zero-order valence-electron chi connectivity index (χ0n) is 15.6. The van der Waals surface area contributed by atoms with Crippen LogP contribution in [0.5, 0.6) is 0 Å². The SMILES string of the molecule is [C-]#[N+]c1nc2c3cccnc3c3c4ccccc4c4ccccc4c3c2nc1[N+]#[C-]. The molecule has 6 rings (SSSR count). The summed E-state index contributed by atoms with van der Waals surface area (Å²) in [4.78, 5) is 20.8. The molecule has 0 bridgehead atoms. The average Bonchev–Trinajstić information content (AvgIpc) is 2.82. The summed E-state index contributed by atoms with van der Waals surface area (Å²) < 4.78 is 0. The quantitative estimate of drug-likeness (QED) is 0.216. The van der Waals surface area contributed by atoms with Gasteiger partial charge in [-0.3, -0.25) is 4.98 Å². The molecule has 5 heteroatoms. The van der Waals surface area contributed by atoms with Crippen molar-refractivity contribution < 1.29 is 0 Å². The molecule has 0 unspecified atom stereocenters. The summed E-state index contributed by atoms with van der Waals surface area (Å²) in [6.07, 6.45) is 1.77. The number of aromatic nitrogens is 3. The molecule has 0 spiro atoms. The Morgan fingerprint density at radius 1 is 0.533 bits per heavy atom. The van der Waals surface area contributed by atoms with E-state index in [0.717, 1.165) is 43.2 Å². The summed E-state index contributed by atoms with van der Waals surface area (Å²) in [6.45, 7) is 14.9. The summed E-state index contributed by atoms with van der Waals surface area (Å²) in [7, 11) is 0. The lowest BCUT2D eigenvalue weighted by Crippen LogP contribution is -1.93. The van der Waals surface area contributed by atoms with Crippen molar-refractivity contribution in [3.63, 3.8) is 0 Å². The van der Waals surface area contributed by atoms with E-state index in [1.54, 1.807) is 6.20 Å². The van der Waals surface area contributed by atoms with Crippen LogP contribution in [0.1, 0.15) is 0 Å². The predicted molar refractivity (Wildman–Crippen MR) is 120 cm³/mol. The number of hydrogen-bond donors (Lipinski definition) is 0.